The molecule has 0 aliphatic carbocycles. The molecule has 45 heavy (non-hydrogen) atoms. The number of phenols is 2. The summed E-state index contributed by atoms with van der Waals surface area (Å²) < 4.78 is 45.2. The first-order chi connectivity index (χ1) is 21.7. The van der Waals surface area contributed by atoms with E-state index in [1.165, 1.54) is 30.5 Å². The monoisotopic (exact) mass is 621 g/mol. The number of fused-ring (bicyclic) bond motifs is 1. The number of aromatic hydroxyl groups is 2. The van der Waals surface area contributed by atoms with Gasteiger partial charge in [-0.25, -0.2) is 12.4 Å². The van der Waals surface area contributed by atoms with Crippen molar-refractivity contribution < 1.29 is 32.8 Å². The highest BCUT2D eigenvalue weighted by molar-refractivity contribution is 7.90. The maximum absolute atomic E-state index is 13.4. The van der Waals surface area contributed by atoms with Crippen LogP contribution >= 0.6 is 0 Å². The van der Waals surface area contributed by atoms with Crippen molar-refractivity contribution >= 4 is 20.9 Å². The van der Waals surface area contributed by atoms with E-state index in [-0.39, 0.29) is 28.8 Å². The molecule has 0 spiro atoms. The zero-order chi connectivity index (χ0) is 31.7. The van der Waals surface area contributed by atoms with Gasteiger partial charge in [-0.3, -0.25) is 0 Å². The Hall–Kier alpha value is -5.41. The SMILES string of the molecule is COc1cc(-c2ccc3c(ccn3S(=O)(=O)c3ccc(C)cc3)c2)c(OC)c(O)c1-c1ccc(OCc2ccccc2)c(O)c1. The largest absolute Gasteiger partial charge is 0.504 e. The molecule has 0 unspecified atom stereocenters. The molecule has 5 aromatic carbocycles. The molecule has 1 heterocycles. The van der Waals surface area contributed by atoms with E-state index in [2.05, 4.69) is 0 Å². The van der Waals surface area contributed by atoms with Crippen molar-refractivity contribution in [2.75, 3.05) is 14.2 Å². The average molecular weight is 622 g/mol. The zero-order valence-electron chi connectivity index (χ0n) is 24.9. The number of hydrogen-bond acceptors (Lipinski definition) is 7. The van der Waals surface area contributed by atoms with Crippen molar-refractivity contribution in [2.45, 2.75) is 18.4 Å². The van der Waals surface area contributed by atoms with Gasteiger partial charge in [0.15, 0.2) is 23.0 Å². The lowest BCUT2D eigenvalue weighted by atomic mass is 9.95. The van der Waals surface area contributed by atoms with Crippen LogP contribution in [0.4, 0.5) is 0 Å². The smallest absolute Gasteiger partial charge is 0.268 e. The molecule has 0 saturated heterocycles. The van der Waals surface area contributed by atoms with Gasteiger partial charge in [-0.1, -0.05) is 60.2 Å². The van der Waals surface area contributed by atoms with Gasteiger partial charge in [0.1, 0.15) is 12.4 Å². The van der Waals surface area contributed by atoms with E-state index in [0.29, 0.717) is 44.7 Å². The number of rotatable bonds is 9. The van der Waals surface area contributed by atoms with Crippen LogP contribution in [-0.2, 0) is 16.6 Å². The molecule has 2 N–H and O–H groups in total. The topological polar surface area (TPSA) is 107 Å². The Bertz CT molecular complexity index is 2120. The fourth-order valence-corrected chi connectivity index (χ4v) is 6.69. The summed E-state index contributed by atoms with van der Waals surface area (Å²) in [7, 11) is -0.860. The predicted molar refractivity (Wildman–Crippen MR) is 174 cm³/mol. The standard InChI is InChI=1S/C36H31NO7S/c1-23-9-13-28(14-10-23)45(40,41)37-18-17-26-19-25(11-15-30(26)37)29-21-33(42-2)34(35(39)36(29)43-3)27-12-16-32(31(38)20-27)44-22-24-7-5-4-6-8-24/h4-21,38-39H,22H2,1-3H3. The van der Waals surface area contributed by atoms with Crippen molar-refractivity contribution in [3.05, 3.63) is 120 Å². The van der Waals surface area contributed by atoms with Gasteiger partial charge in [0.2, 0.25) is 0 Å². The maximum Gasteiger partial charge on any atom is 0.268 e. The third-order valence-corrected chi connectivity index (χ3v) is 9.37. The fraction of sp³-hybridized carbons (Fsp3) is 0.111. The van der Waals surface area contributed by atoms with Crippen molar-refractivity contribution in [3.63, 3.8) is 0 Å². The summed E-state index contributed by atoms with van der Waals surface area (Å²) in [4.78, 5) is 0.198. The molecular formula is C36H31NO7S. The van der Waals surface area contributed by atoms with Crippen molar-refractivity contribution in [3.8, 4) is 51.0 Å². The molecule has 8 nitrogen and oxygen atoms in total. The molecule has 6 aromatic rings. The second-order valence-corrected chi connectivity index (χ2v) is 12.4. The van der Waals surface area contributed by atoms with Crippen LogP contribution < -0.4 is 14.2 Å². The highest BCUT2D eigenvalue weighted by atomic mass is 32.2. The van der Waals surface area contributed by atoms with E-state index < -0.39 is 10.0 Å². The highest BCUT2D eigenvalue weighted by Gasteiger charge is 2.24. The molecule has 6 rings (SSSR count). The molecule has 0 amide bonds. The average Bonchev–Trinajstić information content (AvgIpc) is 3.49. The Kier molecular flexibility index (Phi) is 7.87. The summed E-state index contributed by atoms with van der Waals surface area (Å²) in [5.41, 5.74) is 4.49. The molecule has 0 atom stereocenters. The Morgan fingerprint density at radius 2 is 1.49 bits per heavy atom. The summed E-state index contributed by atoms with van der Waals surface area (Å²) in [5, 5.41) is 22.9. The van der Waals surface area contributed by atoms with Gasteiger partial charge >= 0.3 is 0 Å². The maximum atomic E-state index is 13.4. The molecule has 228 valence electrons. The minimum absolute atomic E-state index is 0.0940. The van der Waals surface area contributed by atoms with E-state index in [1.54, 1.807) is 60.7 Å². The zero-order valence-corrected chi connectivity index (χ0v) is 25.7. The number of nitrogens with zero attached hydrogens (tertiary/aromatic N) is 1. The normalized spacial score (nSPS) is 11.4. The van der Waals surface area contributed by atoms with Crippen LogP contribution in [0.2, 0.25) is 0 Å². The summed E-state index contributed by atoms with van der Waals surface area (Å²) in [5.74, 6) is 0.572. The first-order valence-electron chi connectivity index (χ1n) is 14.1. The number of aromatic nitrogens is 1. The molecule has 0 aliphatic rings. The first kappa shape index (κ1) is 29.7. The van der Waals surface area contributed by atoms with Crippen LogP contribution in [0.1, 0.15) is 11.1 Å². The Labute approximate surface area is 261 Å². The van der Waals surface area contributed by atoms with E-state index in [1.807, 2.05) is 43.3 Å². The van der Waals surface area contributed by atoms with Crippen LogP contribution in [0.15, 0.2) is 114 Å². The number of methoxy groups -OCH3 is 2. The van der Waals surface area contributed by atoms with Crippen LogP contribution in [0.5, 0.6) is 28.7 Å². The van der Waals surface area contributed by atoms with E-state index in [0.717, 1.165) is 11.1 Å². The molecule has 1 aromatic heterocycles. The Balaban J connectivity index is 1.36. The minimum atomic E-state index is -3.81. The highest BCUT2D eigenvalue weighted by Crippen LogP contribution is 2.50. The van der Waals surface area contributed by atoms with Crippen LogP contribution in [0, 0.1) is 6.92 Å². The van der Waals surface area contributed by atoms with Gasteiger partial charge in [-0.05, 0) is 72.1 Å². The van der Waals surface area contributed by atoms with Crippen molar-refractivity contribution in [1.29, 1.82) is 0 Å². The third kappa shape index (κ3) is 5.54. The first-order valence-corrected chi connectivity index (χ1v) is 15.6. The lowest BCUT2D eigenvalue weighted by Gasteiger charge is -2.19. The molecule has 0 bridgehead atoms. The number of aryl methyl sites for hydroxylation is 1. The summed E-state index contributed by atoms with van der Waals surface area (Å²) in [6, 6.07) is 30.0. The summed E-state index contributed by atoms with van der Waals surface area (Å²) in [6.07, 6.45) is 1.53. The van der Waals surface area contributed by atoms with Crippen molar-refractivity contribution in [2.24, 2.45) is 0 Å². The molecule has 0 radical (unpaired) electrons. The summed E-state index contributed by atoms with van der Waals surface area (Å²) >= 11 is 0. The molecule has 0 aliphatic heterocycles. The van der Waals surface area contributed by atoms with Gasteiger partial charge in [0.25, 0.3) is 10.0 Å². The lowest BCUT2D eigenvalue weighted by Crippen LogP contribution is -2.11. The van der Waals surface area contributed by atoms with Gasteiger partial charge in [0, 0.05) is 17.1 Å². The third-order valence-electron chi connectivity index (χ3n) is 7.67. The van der Waals surface area contributed by atoms with Gasteiger partial charge in [-0.2, -0.15) is 0 Å². The second-order valence-electron chi connectivity index (χ2n) is 10.5. The summed E-state index contributed by atoms with van der Waals surface area (Å²) in [6.45, 7) is 2.19. The van der Waals surface area contributed by atoms with Crippen LogP contribution in [-0.4, -0.2) is 36.8 Å². The van der Waals surface area contributed by atoms with E-state index in [4.69, 9.17) is 14.2 Å². The van der Waals surface area contributed by atoms with E-state index in [9.17, 15) is 18.6 Å². The Morgan fingerprint density at radius 1 is 0.756 bits per heavy atom. The molecule has 0 saturated carbocycles. The number of benzene rings is 5. The number of phenolic OH excluding ortho intramolecular Hbond substituents is 2. The van der Waals surface area contributed by atoms with Gasteiger partial charge < -0.3 is 24.4 Å². The van der Waals surface area contributed by atoms with Crippen molar-refractivity contribution in [1.82, 2.24) is 3.97 Å². The quantitative estimate of drug-likeness (QED) is 0.172. The predicted octanol–water partition coefficient (Wildman–Crippen LogP) is 7.53. The lowest BCUT2D eigenvalue weighted by molar-refractivity contribution is 0.289. The fourth-order valence-electron chi connectivity index (χ4n) is 5.34. The molecular weight excluding hydrogens is 590 g/mol. The molecule has 9 heteroatoms. The Morgan fingerprint density at radius 3 is 2.18 bits per heavy atom. The second kappa shape index (κ2) is 11.9. The van der Waals surface area contributed by atoms with Crippen LogP contribution in [0.25, 0.3) is 33.2 Å². The van der Waals surface area contributed by atoms with Gasteiger partial charge in [-0.15, -0.1) is 0 Å². The van der Waals surface area contributed by atoms with Crippen LogP contribution in [0.3, 0.4) is 0 Å². The number of ether oxygens (including phenoxy) is 3. The van der Waals surface area contributed by atoms with Gasteiger partial charge in [0.05, 0.1) is 30.2 Å². The molecule has 0 fully saturated rings. The number of hydrogen-bond donors (Lipinski definition) is 2. The van der Waals surface area contributed by atoms with E-state index >= 15 is 0 Å². The minimum Gasteiger partial charge on any atom is -0.504 e.